The van der Waals surface area contributed by atoms with Crippen LogP contribution in [0.4, 0.5) is 5.13 Å². The van der Waals surface area contributed by atoms with Crippen molar-refractivity contribution in [3.63, 3.8) is 0 Å². The second kappa shape index (κ2) is 8.00. The Hall–Kier alpha value is -1.54. The Morgan fingerprint density at radius 1 is 1.08 bits per heavy atom. The van der Waals surface area contributed by atoms with Gasteiger partial charge in [-0.05, 0) is 32.2 Å². The first-order chi connectivity index (χ1) is 12.7. The molecule has 2 aromatic rings. The number of H-pyrrole nitrogens is 1. The number of anilines is 1. The molecule has 1 saturated carbocycles. The summed E-state index contributed by atoms with van der Waals surface area (Å²) in [6.45, 7) is 2.92. The number of nitrogens with one attached hydrogen (secondary N) is 1. The van der Waals surface area contributed by atoms with Crippen LogP contribution in [-0.4, -0.2) is 56.6 Å². The second-order valence-electron chi connectivity index (χ2n) is 7.88. The van der Waals surface area contributed by atoms with E-state index in [0.717, 1.165) is 42.2 Å². The monoisotopic (exact) mass is 375 g/mol. The highest BCUT2D eigenvalue weighted by atomic mass is 32.1. The van der Waals surface area contributed by atoms with Crippen LogP contribution in [0, 0.1) is 0 Å². The van der Waals surface area contributed by atoms with Gasteiger partial charge in [-0.1, -0.05) is 19.3 Å². The molecule has 3 heterocycles. The van der Waals surface area contributed by atoms with Crippen molar-refractivity contribution in [2.24, 2.45) is 0 Å². The van der Waals surface area contributed by atoms with Crippen LogP contribution in [0.2, 0.25) is 0 Å². The van der Waals surface area contributed by atoms with Gasteiger partial charge < -0.3 is 4.90 Å². The van der Waals surface area contributed by atoms with E-state index >= 15 is 0 Å². The minimum atomic E-state index is 0.421. The highest BCUT2D eigenvalue weighted by Gasteiger charge is 2.27. The summed E-state index contributed by atoms with van der Waals surface area (Å²) < 4.78 is 4.50. The topological polar surface area (TPSA) is 73.8 Å². The minimum Gasteiger partial charge on any atom is -0.353 e. The normalized spacial score (nSPS) is 22.6. The first-order valence-corrected chi connectivity index (χ1v) is 10.6. The zero-order valence-corrected chi connectivity index (χ0v) is 16.6. The molecule has 0 aromatic carbocycles. The quantitative estimate of drug-likeness (QED) is 0.865. The lowest BCUT2D eigenvalue weighted by molar-refractivity contribution is 0.193. The minimum absolute atomic E-state index is 0.421. The molecule has 7 nitrogen and oxygen atoms in total. The van der Waals surface area contributed by atoms with Gasteiger partial charge in [0.25, 0.3) is 0 Å². The average molecular weight is 376 g/mol. The summed E-state index contributed by atoms with van der Waals surface area (Å²) in [5.74, 6) is 4.07. The fourth-order valence-corrected chi connectivity index (χ4v) is 4.72. The van der Waals surface area contributed by atoms with E-state index in [-0.39, 0.29) is 0 Å². The zero-order valence-electron chi connectivity index (χ0n) is 15.8. The van der Waals surface area contributed by atoms with Crippen molar-refractivity contribution < 1.29 is 0 Å². The number of hydrogen-bond donors (Lipinski definition) is 1. The molecule has 26 heavy (non-hydrogen) atoms. The molecule has 1 aliphatic heterocycles. The van der Waals surface area contributed by atoms with Crippen molar-refractivity contribution in [3.8, 4) is 0 Å². The van der Waals surface area contributed by atoms with Crippen LogP contribution in [0.5, 0.6) is 0 Å². The number of hydrogen-bond acceptors (Lipinski definition) is 7. The fraction of sp³-hybridized carbons (Fsp3) is 0.778. The van der Waals surface area contributed by atoms with Crippen LogP contribution >= 0.6 is 11.5 Å². The van der Waals surface area contributed by atoms with Crippen molar-refractivity contribution in [2.45, 2.75) is 63.3 Å². The van der Waals surface area contributed by atoms with Crippen LogP contribution in [0.15, 0.2) is 0 Å². The van der Waals surface area contributed by atoms with Gasteiger partial charge in [-0.15, -0.1) is 0 Å². The third kappa shape index (κ3) is 4.06. The summed E-state index contributed by atoms with van der Waals surface area (Å²) in [6.07, 6.45) is 8.90. The lowest BCUT2D eigenvalue weighted by Crippen LogP contribution is -2.34. The largest absolute Gasteiger partial charge is 0.353 e. The predicted octanol–water partition coefficient (Wildman–Crippen LogP) is 3.15. The van der Waals surface area contributed by atoms with E-state index in [0.29, 0.717) is 11.8 Å². The Kier molecular flexibility index (Phi) is 5.49. The number of aromatic nitrogens is 5. The Balaban J connectivity index is 1.37. The van der Waals surface area contributed by atoms with E-state index in [1.165, 1.54) is 56.5 Å². The fourth-order valence-electron chi connectivity index (χ4n) is 4.13. The smallest absolute Gasteiger partial charge is 0.204 e. The van der Waals surface area contributed by atoms with Crippen LogP contribution < -0.4 is 4.90 Å². The van der Waals surface area contributed by atoms with Gasteiger partial charge >= 0.3 is 0 Å². The van der Waals surface area contributed by atoms with Crippen LogP contribution in [0.25, 0.3) is 0 Å². The lowest BCUT2D eigenvalue weighted by Gasteiger charge is -2.30. The molecule has 0 unspecified atom stereocenters. The molecule has 1 N–H and O–H groups in total. The molecular weight excluding hydrogens is 346 g/mol. The van der Waals surface area contributed by atoms with E-state index in [1.54, 1.807) is 0 Å². The van der Waals surface area contributed by atoms with Crippen LogP contribution in [0.1, 0.15) is 74.3 Å². The maximum absolute atomic E-state index is 4.90. The molecule has 1 saturated heterocycles. The van der Waals surface area contributed by atoms with Crippen molar-refractivity contribution in [2.75, 3.05) is 32.1 Å². The van der Waals surface area contributed by atoms with Gasteiger partial charge in [-0.25, -0.2) is 9.97 Å². The van der Waals surface area contributed by atoms with E-state index in [2.05, 4.69) is 24.5 Å². The highest BCUT2D eigenvalue weighted by molar-refractivity contribution is 7.09. The number of piperidine rings is 1. The molecule has 0 spiro atoms. The molecule has 0 amide bonds. The van der Waals surface area contributed by atoms with E-state index < -0.39 is 0 Å². The van der Waals surface area contributed by atoms with Gasteiger partial charge in [0.1, 0.15) is 5.82 Å². The van der Waals surface area contributed by atoms with E-state index in [9.17, 15) is 0 Å². The molecule has 4 rings (SSSR count). The van der Waals surface area contributed by atoms with Gasteiger partial charge in [0.15, 0.2) is 11.6 Å². The Morgan fingerprint density at radius 3 is 2.65 bits per heavy atom. The second-order valence-corrected chi connectivity index (χ2v) is 8.61. The number of nitrogens with zero attached hydrogens (tertiary/aromatic N) is 6. The van der Waals surface area contributed by atoms with Gasteiger partial charge in [-0.2, -0.15) is 9.47 Å². The average Bonchev–Trinajstić information content (AvgIpc) is 3.32. The summed E-state index contributed by atoms with van der Waals surface area (Å²) in [5.41, 5.74) is 0. The molecule has 2 aliphatic rings. The molecule has 2 fully saturated rings. The van der Waals surface area contributed by atoms with Crippen LogP contribution in [-0.2, 0) is 6.54 Å². The SMILES string of the molecule is CN(C)c1nc(CN2CCC[C@H](c3n[nH]c(C4CCCCC4)n3)C2)ns1. The van der Waals surface area contributed by atoms with Crippen molar-refractivity contribution in [3.05, 3.63) is 17.5 Å². The van der Waals surface area contributed by atoms with Crippen molar-refractivity contribution in [1.29, 1.82) is 0 Å². The highest BCUT2D eigenvalue weighted by Crippen LogP contribution is 2.32. The number of aromatic amines is 1. The zero-order chi connectivity index (χ0) is 17.9. The third-order valence-electron chi connectivity index (χ3n) is 5.59. The Bertz CT molecular complexity index is 704. The van der Waals surface area contributed by atoms with E-state index in [4.69, 9.17) is 4.98 Å². The molecule has 8 heteroatoms. The molecule has 0 bridgehead atoms. The summed E-state index contributed by atoms with van der Waals surface area (Å²) in [7, 11) is 4.02. The lowest BCUT2D eigenvalue weighted by atomic mass is 9.89. The van der Waals surface area contributed by atoms with Gasteiger partial charge in [0, 0.05) is 44.0 Å². The maximum atomic E-state index is 4.90. The summed E-state index contributed by atoms with van der Waals surface area (Å²) in [6, 6.07) is 0. The number of likely N-dealkylation sites (tertiary alicyclic amines) is 1. The Labute approximate surface area is 159 Å². The van der Waals surface area contributed by atoms with Crippen molar-refractivity contribution in [1.82, 2.24) is 29.4 Å². The van der Waals surface area contributed by atoms with Crippen LogP contribution in [0.3, 0.4) is 0 Å². The number of rotatable bonds is 5. The Morgan fingerprint density at radius 2 is 1.88 bits per heavy atom. The first kappa shape index (κ1) is 17.9. The molecule has 2 aromatic heterocycles. The van der Waals surface area contributed by atoms with Gasteiger partial charge in [0.05, 0.1) is 6.54 Å². The molecule has 0 radical (unpaired) electrons. The summed E-state index contributed by atoms with van der Waals surface area (Å²) in [4.78, 5) is 14.0. The summed E-state index contributed by atoms with van der Waals surface area (Å²) in [5, 5.41) is 8.80. The maximum Gasteiger partial charge on any atom is 0.204 e. The standard InChI is InChI=1S/C18H29N7S/c1-24(2)18-19-15(23-26-18)12-25-10-6-9-14(11-25)17-20-16(21-22-17)13-7-4-3-5-8-13/h13-14H,3-12H2,1-2H3,(H,20,21,22)/t14-/m0/s1. The molecule has 142 valence electrons. The van der Waals surface area contributed by atoms with Crippen molar-refractivity contribution >= 4 is 16.7 Å². The van der Waals surface area contributed by atoms with E-state index in [1.807, 2.05) is 19.0 Å². The summed E-state index contributed by atoms with van der Waals surface area (Å²) >= 11 is 1.47. The van der Waals surface area contributed by atoms with Gasteiger partial charge in [-0.3, -0.25) is 10.00 Å². The molecular formula is C18H29N7S. The third-order valence-corrected chi connectivity index (χ3v) is 6.51. The molecule has 1 atom stereocenters. The molecule has 1 aliphatic carbocycles. The predicted molar refractivity (Wildman–Crippen MR) is 104 cm³/mol. The first-order valence-electron chi connectivity index (χ1n) is 9.83. The van der Waals surface area contributed by atoms with Gasteiger partial charge in [0.2, 0.25) is 5.13 Å².